The van der Waals surface area contributed by atoms with Crippen LogP contribution in [0, 0.1) is 6.92 Å². The minimum atomic E-state index is 0.220. The van der Waals surface area contributed by atoms with Crippen molar-refractivity contribution in [2.45, 2.75) is 38.6 Å². The number of nitrogens with zero attached hydrogens (tertiary/aromatic N) is 2. The van der Waals surface area contributed by atoms with Gasteiger partial charge in [-0.2, -0.15) is 0 Å². The van der Waals surface area contributed by atoms with Crippen molar-refractivity contribution in [1.82, 2.24) is 9.97 Å². The predicted molar refractivity (Wildman–Crippen MR) is 86.8 cm³/mol. The molecule has 0 bridgehead atoms. The number of aryl methyl sites for hydroxylation is 1. The lowest BCUT2D eigenvalue weighted by atomic mass is 10.1. The highest BCUT2D eigenvalue weighted by molar-refractivity contribution is 5.49. The van der Waals surface area contributed by atoms with Crippen molar-refractivity contribution in [3.63, 3.8) is 0 Å². The summed E-state index contributed by atoms with van der Waals surface area (Å²) in [7, 11) is 1.90. The fraction of sp³-hybridized carbons (Fsp3) is 0.412. The summed E-state index contributed by atoms with van der Waals surface area (Å²) >= 11 is 0. The minimum Gasteiger partial charge on any atom is -0.373 e. The molecule has 110 valence electrons. The maximum Gasteiger partial charge on any atom is 0.136 e. The molecule has 3 rings (SSSR count). The number of benzene rings is 1. The lowest BCUT2D eigenvalue weighted by molar-refractivity contribution is 0.854. The average molecular weight is 282 g/mol. The Morgan fingerprint density at radius 3 is 2.38 bits per heavy atom. The normalized spacial score (nSPS) is 15.6. The summed E-state index contributed by atoms with van der Waals surface area (Å²) in [6.07, 6.45) is 2.42. The van der Waals surface area contributed by atoms with Crippen molar-refractivity contribution in [1.29, 1.82) is 0 Å². The van der Waals surface area contributed by atoms with Crippen molar-refractivity contribution >= 4 is 11.6 Å². The topological polar surface area (TPSA) is 49.8 Å². The summed E-state index contributed by atoms with van der Waals surface area (Å²) in [4.78, 5) is 9.21. The van der Waals surface area contributed by atoms with Crippen LogP contribution in [0.4, 0.5) is 11.6 Å². The number of hydrogen-bond donors (Lipinski definition) is 2. The van der Waals surface area contributed by atoms with Gasteiger partial charge in [-0.1, -0.05) is 29.8 Å². The van der Waals surface area contributed by atoms with Crippen LogP contribution in [0.2, 0.25) is 0 Å². The Labute approximate surface area is 126 Å². The Kier molecular flexibility index (Phi) is 3.78. The summed E-state index contributed by atoms with van der Waals surface area (Å²) in [5, 5.41) is 6.60. The number of rotatable bonds is 5. The molecule has 1 atom stereocenters. The fourth-order valence-electron chi connectivity index (χ4n) is 2.35. The lowest BCUT2D eigenvalue weighted by Crippen LogP contribution is -2.10. The molecule has 0 amide bonds. The van der Waals surface area contributed by atoms with Gasteiger partial charge in [-0.25, -0.2) is 9.97 Å². The standard InChI is InChI=1S/C17H22N4/c1-11-4-6-13(7-5-11)12(2)19-16-10-15(18-3)20-17(21-16)14-8-9-14/h4-7,10,12,14H,8-9H2,1-3H3,(H2,18,19,20,21). The molecule has 2 aromatic rings. The van der Waals surface area contributed by atoms with Crippen molar-refractivity contribution in [2.75, 3.05) is 17.7 Å². The van der Waals surface area contributed by atoms with E-state index in [0.717, 1.165) is 17.5 Å². The largest absolute Gasteiger partial charge is 0.373 e. The smallest absolute Gasteiger partial charge is 0.136 e. The van der Waals surface area contributed by atoms with E-state index in [1.807, 2.05) is 13.1 Å². The fourth-order valence-corrected chi connectivity index (χ4v) is 2.35. The van der Waals surface area contributed by atoms with E-state index in [1.165, 1.54) is 24.0 Å². The van der Waals surface area contributed by atoms with Crippen molar-refractivity contribution in [3.05, 3.63) is 47.3 Å². The van der Waals surface area contributed by atoms with Crippen LogP contribution in [-0.2, 0) is 0 Å². The van der Waals surface area contributed by atoms with E-state index < -0.39 is 0 Å². The molecule has 1 aliphatic rings. The summed E-state index contributed by atoms with van der Waals surface area (Å²) in [6.45, 7) is 4.26. The zero-order valence-electron chi connectivity index (χ0n) is 12.9. The number of hydrogen-bond acceptors (Lipinski definition) is 4. The van der Waals surface area contributed by atoms with E-state index in [4.69, 9.17) is 0 Å². The van der Waals surface area contributed by atoms with Crippen LogP contribution in [0.5, 0.6) is 0 Å². The van der Waals surface area contributed by atoms with Gasteiger partial charge >= 0.3 is 0 Å². The van der Waals surface area contributed by atoms with Crippen molar-refractivity contribution in [2.24, 2.45) is 0 Å². The molecule has 1 saturated carbocycles. The highest BCUT2D eigenvalue weighted by atomic mass is 15.1. The molecule has 0 saturated heterocycles. The zero-order valence-corrected chi connectivity index (χ0v) is 12.9. The number of aromatic nitrogens is 2. The second-order valence-electron chi connectivity index (χ2n) is 5.80. The second-order valence-corrected chi connectivity index (χ2v) is 5.80. The predicted octanol–water partition coefficient (Wildman–Crippen LogP) is 3.88. The van der Waals surface area contributed by atoms with E-state index in [2.05, 4.69) is 58.7 Å². The third kappa shape index (κ3) is 3.32. The van der Waals surface area contributed by atoms with Gasteiger partial charge < -0.3 is 10.6 Å². The SMILES string of the molecule is CNc1cc(NC(C)c2ccc(C)cc2)nc(C2CC2)n1. The molecule has 4 nitrogen and oxygen atoms in total. The number of anilines is 2. The zero-order chi connectivity index (χ0) is 14.8. The highest BCUT2D eigenvalue weighted by Gasteiger charge is 2.27. The van der Waals surface area contributed by atoms with Gasteiger partial charge in [0.2, 0.25) is 0 Å². The molecule has 0 spiro atoms. The van der Waals surface area contributed by atoms with Crippen LogP contribution in [0.15, 0.2) is 30.3 Å². The molecule has 1 aromatic carbocycles. The van der Waals surface area contributed by atoms with Crippen LogP contribution in [0.3, 0.4) is 0 Å². The van der Waals surface area contributed by atoms with Crippen LogP contribution in [0.1, 0.15) is 48.7 Å². The van der Waals surface area contributed by atoms with Crippen LogP contribution < -0.4 is 10.6 Å². The van der Waals surface area contributed by atoms with Gasteiger partial charge in [-0.05, 0) is 32.3 Å². The van der Waals surface area contributed by atoms with Gasteiger partial charge in [-0.3, -0.25) is 0 Å². The second kappa shape index (κ2) is 5.72. The van der Waals surface area contributed by atoms with Gasteiger partial charge in [-0.15, -0.1) is 0 Å². The summed E-state index contributed by atoms with van der Waals surface area (Å²) in [5.41, 5.74) is 2.54. The summed E-state index contributed by atoms with van der Waals surface area (Å²) in [5.74, 6) is 3.28. The van der Waals surface area contributed by atoms with Crippen molar-refractivity contribution < 1.29 is 0 Å². The molecule has 1 heterocycles. The minimum absolute atomic E-state index is 0.220. The maximum atomic E-state index is 4.66. The van der Waals surface area contributed by atoms with Crippen LogP contribution >= 0.6 is 0 Å². The van der Waals surface area contributed by atoms with Crippen LogP contribution in [0.25, 0.3) is 0 Å². The third-order valence-electron chi connectivity index (χ3n) is 3.88. The highest BCUT2D eigenvalue weighted by Crippen LogP contribution is 2.39. The van der Waals surface area contributed by atoms with Gasteiger partial charge in [0.1, 0.15) is 17.5 Å². The summed E-state index contributed by atoms with van der Waals surface area (Å²) < 4.78 is 0. The van der Waals surface area contributed by atoms with Crippen LogP contribution in [-0.4, -0.2) is 17.0 Å². The van der Waals surface area contributed by atoms with Gasteiger partial charge in [0.25, 0.3) is 0 Å². The molecule has 1 fully saturated rings. The van der Waals surface area contributed by atoms with E-state index >= 15 is 0 Å². The molecule has 0 radical (unpaired) electrons. The summed E-state index contributed by atoms with van der Waals surface area (Å²) in [6, 6.07) is 10.8. The molecule has 4 heteroatoms. The molecule has 1 aromatic heterocycles. The third-order valence-corrected chi connectivity index (χ3v) is 3.88. The molecule has 1 aliphatic carbocycles. The molecule has 0 aliphatic heterocycles. The first-order valence-electron chi connectivity index (χ1n) is 7.55. The van der Waals surface area contributed by atoms with E-state index in [9.17, 15) is 0 Å². The van der Waals surface area contributed by atoms with E-state index in [-0.39, 0.29) is 6.04 Å². The van der Waals surface area contributed by atoms with Gasteiger partial charge in [0.15, 0.2) is 0 Å². The maximum absolute atomic E-state index is 4.66. The monoisotopic (exact) mass is 282 g/mol. The van der Waals surface area contributed by atoms with Gasteiger partial charge in [0, 0.05) is 25.1 Å². The first kappa shape index (κ1) is 13.9. The Morgan fingerprint density at radius 2 is 1.76 bits per heavy atom. The Hall–Kier alpha value is -2.10. The molecule has 1 unspecified atom stereocenters. The lowest BCUT2D eigenvalue weighted by Gasteiger charge is -2.16. The Morgan fingerprint density at radius 1 is 1.10 bits per heavy atom. The first-order chi connectivity index (χ1) is 10.2. The Bertz CT molecular complexity index is 617. The van der Waals surface area contributed by atoms with E-state index in [0.29, 0.717) is 5.92 Å². The van der Waals surface area contributed by atoms with E-state index in [1.54, 1.807) is 0 Å². The average Bonchev–Trinajstić information content (AvgIpc) is 3.32. The quantitative estimate of drug-likeness (QED) is 0.874. The van der Waals surface area contributed by atoms with Gasteiger partial charge in [0.05, 0.1) is 0 Å². The Balaban J connectivity index is 1.79. The first-order valence-corrected chi connectivity index (χ1v) is 7.55. The molecule has 21 heavy (non-hydrogen) atoms. The molecular formula is C17H22N4. The molecular weight excluding hydrogens is 260 g/mol. The van der Waals surface area contributed by atoms with Crippen molar-refractivity contribution in [3.8, 4) is 0 Å². The number of nitrogens with one attached hydrogen (secondary N) is 2. The molecule has 2 N–H and O–H groups in total.